The molecule has 240 valence electrons. The predicted molar refractivity (Wildman–Crippen MR) is 214 cm³/mol. The van der Waals surface area contributed by atoms with Gasteiger partial charge in [-0.1, -0.05) is 127 Å². The Morgan fingerprint density at radius 3 is 1.67 bits per heavy atom. The van der Waals surface area contributed by atoms with E-state index in [1.165, 1.54) is 27.5 Å². The number of rotatable bonds is 6. The lowest BCUT2D eigenvalue weighted by Crippen LogP contribution is -2.09. The number of hydrogen-bond acceptors (Lipinski definition) is 2. The number of furan rings is 1. The largest absolute Gasteiger partial charge is 0.456 e. The molecule has 0 aliphatic rings. The van der Waals surface area contributed by atoms with Crippen molar-refractivity contribution in [1.82, 2.24) is 4.57 Å². The Bertz CT molecular complexity index is 2820. The van der Waals surface area contributed by atoms with Gasteiger partial charge in [-0.3, -0.25) is 0 Å². The zero-order valence-corrected chi connectivity index (χ0v) is 27.8. The highest BCUT2D eigenvalue weighted by Gasteiger charge is 2.24. The molecule has 3 heteroatoms. The molecule has 8 aromatic carbocycles. The number of para-hydroxylation sites is 3. The summed E-state index contributed by atoms with van der Waals surface area (Å²) >= 11 is 0. The van der Waals surface area contributed by atoms with Gasteiger partial charge in [0, 0.05) is 55.9 Å². The number of nitrogens with zero attached hydrogens (tertiary/aromatic N) is 2. The number of anilines is 3. The third kappa shape index (κ3) is 4.82. The van der Waals surface area contributed by atoms with Crippen LogP contribution in [0, 0.1) is 0 Å². The first kappa shape index (κ1) is 29.1. The van der Waals surface area contributed by atoms with Crippen LogP contribution in [0.25, 0.3) is 71.7 Å². The second kappa shape index (κ2) is 11.9. The SMILES string of the molecule is c1ccc(-c2ccc(N(c3ccccc3)c3ccc4c(c3)c3c(-c5ccccc5)c5c(cc3n4-c3ccccc3)oc3ccccc35)cc2)cc1. The second-order valence-electron chi connectivity index (χ2n) is 12.9. The van der Waals surface area contributed by atoms with Crippen LogP contribution >= 0.6 is 0 Å². The van der Waals surface area contributed by atoms with Gasteiger partial charge in [-0.2, -0.15) is 0 Å². The molecule has 2 heterocycles. The normalized spacial score (nSPS) is 11.5. The van der Waals surface area contributed by atoms with Crippen molar-refractivity contribution < 1.29 is 4.42 Å². The predicted octanol–water partition coefficient (Wildman–Crippen LogP) is 13.5. The molecule has 0 fully saturated rings. The van der Waals surface area contributed by atoms with E-state index in [0.717, 1.165) is 61.3 Å². The minimum Gasteiger partial charge on any atom is -0.456 e. The van der Waals surface area contributed by atoms with Crippen molar-refractivity contribution in [2.75, 3.05) is 4.90 Å². The summed E-state index contributed by atoms with van der Waals surface area (Å²) in [6.45, 7) is 0. The van der Waals surface area contributed by atoms with Crippen LogP contribution in [0.4, 0.5) is 17.1 Å². The molecule has 0 unspecified atom stereocenters. The average Bonchev–Trinajstić information content (AvgIpc) is 3.74. The Morgan fingerprint density at radius 2 is 0.941 bits per heavy atom. The molecule has 10 rings (SSSR count). The summed E-state index contributed by atoms with van der Waals surface area (Å²) in [6, 6.07) is 69.0. The summed E-state index contributed by atoms with van der Waals surface area (Å²) in [5.74, 6) is 0. The highest BCUT2D eigenvalue weighted by atomic mass is 16.3. The van der Waals surface area contributed by atoms with E-state index in [1.807, 2.05) is 6.07 Å². The highest BCUT2D eigenvalue weighted by Crippen LogP contribution is 2.47. The molecule has 0 saturated carbocycles. The van der Waals surface area contributed by atoms with Crippen LogP contribution in [-0.2, 0) is 0 Å². The molecule has 0 N–H and O–H groups in total. The van der Waals surface area contributed by atoms with Gasteiger partial charge in [0.2, 0.25) is 0 Å². The van der Waals surface area contributed by atoms with Crippen molar-refractivity contribution in [3.63, 3.8) is 0 Å². The lowest BCUT2D eigenvalue weighted by Gasteiger charge is -2.26. The van der Waals surface area contributed by atoms with Crippen LogP contribution in [-0.4, -0.2) is 4.57 Å². The fraction of sp³-hybridized carbons (Fsp3) is 0. The van der Waals surface area contributed by atoms with Gasteiger partial charge in [-0.15, -0.1) is 0 Å². The lowest BCUT2D eigenvalue weighted by atomic mass is 9.94. The zero-order chi connectivity index (χ0) is 33.7. The third-order valence-electron chi connectivity index (χ3n) is 9.96. The Morgan fingerprint density at radius 1 is 0.373 bits per heavy atom. The van der Waals surface area contributed by atoms with Gasteiger partial charge < -0.3 is 13.9 Å². The Balaban J connectivity index is 1.29. The van der Waals surface area contributed by atoms with Crippen LogP contribution in [0.3, 0.4) is 0 Å². The molecule has 3 nitrogen and oxygen atoms in total. The zero-order valence-electron chi connectivity index (χ0n) is 27.8. The molecule has 51 heavy (non-hydrogen) atoms. The van der Waals surface area contributed by atoms with Crippen LogP contribution in [0.15, 0.2) is 199 Å². The molecule has 2 aromatic heterocycles. The fourth-order valence-corrected chi connectivity index (χ4v) is 7.72. The van der Waals surface area contributed by atoms with Crippen molar-refractivity contribution >= 4 is 60.8 Å². The van der Waals surface area contributed by atoms with Crippen LogP contribution in [0.2, 0.25) is 0 Å². The summed E-state index contributed by atoms with van der Waals surface area (Å²) in [5, 5.41) is 4.64. The van der Waals surface area contributed by atoms with Gasteiger partial charge in [0.25, 0.3) is 0 Å². The first-order valence-electron chi connectivity index (χ1n) is 17.4. The number of fused-ring (bicyclic) bond motifs is 6. The molecular formula is C48H32N2O. The first-order chi connectivity index (χ1) is 25.3. The minimum absolute atomic E-state index is 0.882. The monoisotopic (exact) mass is 652 g/mol. The van der Waals surface area contributed by atoms with Crippen molar-refractivity contribution in [3.05, 3.63) is 194 Å². The van der Waals surface area contributed by atoms with Gasteiger partial charge >= 0.3 is 0 Å². The highest BCUT2D eigenvalue weighted by molar-refractivity contribution is 6.27. The van der Waals surface area contributed by atoms with E-state index in [4.69, 9.17) is 4.42 Å². The van der Waals surface area contributed by atoms with Crippen molar-refractivity contribution in [1.29, 1.82) is 0 Å². The van der Waals surface area contributed by atoms with E-state index in [0.29, 0.717) is 0 Å². The van der Waals surface area contributed by atoms with Crippen LogP contribution < -0.4 is 4.90 Å². The minimum atomic E-state index is 0.882. The number of hydrogen-bond donors (Lipinski definition) is 0. The van der Waals surface area contributed by atoms with Crippen LogP contribution in [0.1, 0.15) is 0 Å². The maximum Gasteiger partial charge on any atom is 0.138 e. The molecular weight excluding hydrogens is 621 g/mol. The van der Waals surface area contributed by atoms with E-state index in [-0.39, 0.29) is 0 Å². The van der Waals surface area contributed by atoms with Crippen molar-refractivity contribution in [2.45, 2.75) is 0 Å². The Hall–Kier alpha value is -6.84. The molecule has 10 aromatic rings. The van der Waals surface area contributed by atoms with E-state index < -0.39 is 0 Å². The van der Waals surface area contributed by atoms with Gasteiger partial charge in [0.05, 0.1) is 11.0 Å². The maximum atomic E-state index is 6.61. The van der Waals surface area contributed by atoms with Gasteiger partial charge in [0.1, 0.15) is 11.2 Å². The lowest BCUT2D eigenvalue weighted by molar-refractivity contribution is 0.669. The van der Waals surface area contributed by atoms with E-state index in [9.17, 15) is 0 Å². The molecule has 0 atom stereocenters. The third-order valence-corrected chi connectivity index (χ3v) is 9.96. The van der Waals surface area contributed by atoms with Gasteiger partial charge in [-0.25, -0.2) is 0 Å². The molecule has 0 saturated heterocycles. The van der Waals surface area contributed by atoms with E-state index in [1.54, 1.807) is 0 Å². The smallest absolute Gasteiger partial charge is 0.138 e. The molecule has 0 radical (unpaired) electrons. The Labute approximate surface area is 295 Å². The van der Waals surface area contributed by atoms with Gasteiger partial charge in [-0.05, 0) is 77.4 Å². The summed E-state index contributed by atoms with van der Waals surface area (Å²) < 4.78 is 8.99. The van der Waals surface area contributed by atoms with E-state index in [2.05, 4.69) is 198 Å². The Kier molecular flexibility index (Phi) is 6.81. The quantitative estimate of drug-likeness (QED) is 0.178. The first-order valence-corrected chi connectivity index (χ1v) is 17.4. The van der Waals surface area contributed by atoms with Crippen LogP contribution in [0.5, 0.6) is 0 Å². The number of benzene rings is 8. The fourth-order valence-electron chi connectivity index (χ4n) is 7.72. The molecule has 0 aliphatic heterocycles. The number of aromatic nitrogens is 1. The van der Waals surface area contributed by atoms with Gasteiger partial charge in [0.15, 0.2) is 0 Å². The molecule has 0 aliphatic carbocycles. The standard InChI is InChI=1S/C48H32N2O/c1-5-15-33(16-6-1)34-25-27-38(28-26-34)49(36-19-9-3-10-20-36)39-29-30-42-41(31-39)47-43(50(42)37-21-11-4-12-22-37)32-45-48(40-23-13-14-24-44(40)51-45)46(47)35-17-7-2-8-18-35/h1-32H. The van der Waals surface area contributed by atoms with E-state index >= 15 is 0 Å². The summed E-state index contributed by atoms with van der Waals surface area (Å²) in [5.41, 5.74) is 13.2. The summed E-state index contributed by atoms with van der Waals surface area (Å²) in [6.07, 6.45) is 0. The average molecular weight is 653 g/mol. The maximum absolute atomic E-state index is 6.61. The van der Waals surface area contributed by atoms with Crippen molar-refractivity contribution in [3.8, 4) is 27.9 Å². The summed E-state index contributed by atoms with van der Waals surface area (Å²) in [7, 11) is 0. The summed E-state index contributed by atoms with van der Waals surface area (Å²) in [4.78, 5) is 2.36. The van der Waals surface area contributed by atoms with Crippen molar-refractivity contribution in [2.24, 2.45) is 0 Å². The molecule has 0 spiro atoms. The molecule has 0 bridgehead atoms. The molecule has 0 amide bonds. The topological polar surface area (TPSA) is 21.3 Å². The second-order valence-corrected chi connectivity index (χ2v) is 12.9.